The van der Waals surface area contributed by atoms with Crippen LogP contribution in [0.15, 0.2) is 42.5 Å². The van der Waals surface area contributed by atoms with E-state index in [4.69, 9.17) is 4.74 Å². The summed E-state index contributed by atoms with van der Waals surface area (Å²) in [6, 6.07) is 7.62. The minimum atomic E-state index is -4.85. The Hall–Kier alpha value is -3.55. The van der Waals surface area contributed by atoms with E-state index in [-0.39, 0.29) is 30.3 Å². The van der Waals surface area contributed by atoms with E-state index < -0.39 is 34.1 Å². The Labute approximate surface area is 226 Å². The quantitative estimate of drug-likeness (QED) is 0.259. The summed E-state index contributed by atoms with van der Waals surface area (Å²) in [6.07, 6.45) is -7.08. The van der Waals surface area contributed by atoms with Crippen LogP contribution in [0.3, 0.4) is 0 Å². The van der Waals surface area contributed by atoms with Gasteiger partial charge in [0.25, 0.3) is 5.69 Å². The van der Waals surface area contributed by atoms with Crippen molar-refractivity contribution >= 4 is 23.0 Å². The van der Waals surface area contributed by atoms with E-state index in [1.165, 1.54) is 18.2 Å². The molecule has 0 atom stereocenters. The van der Waals surface area contributed by atoms with Crippen molar-refractivity contribution in [2.75, 3.05) is 43.0 Å². The molecule has 4 rings (SSSR count). The second kappa shape index (κ2) is 11.9. The molecule has 0 bridgehead atoms. The lowest BCUT2D eigenvalue weighted by atomic mass is 9.92. The topological polar surface area (TPSA) is 87.9 Å². The Morgan fingerprint density at radius 2 is 1.55 bits per heavy atom. The SMILES string of the molecule is O=C(COC1CCC(Nc2ccc([N+](=O)[O-])c(C(F)(F)F)c2)CC1)N1CCN(c2ccc(C(F)(F)F)cc2)CC1. The van der Waals surface area contributed by atoms with Crippen LogP contribution in [0.4, 0.5) is 43.4 Å². The minimum absolute atomic E-state index is 0.111. The van der Waals surface area contributed by atoms with Crippen LogP contribution in [0.25, 0.3) is 0 Å². The van der Waals surface area contributed by atoms with Gasteiger partial charge in [-0.2, -0.15) is 26.3 Å². The predicted molar refractivity (Wildman–Crippen MR) is 134 cm³/mol. The van der Waals surface area contributed by atoms with E-state index in [1.54, 1.807) is 4.90 Å². The third-order valence-corrected chi connectivity index (χ3v) is 7.18. The number of rotatable bonds is 7. The average Bonchev–Trinajstić information content (AvgIpc) is 2.91. The summed E-state index contributed by atoms with van der Waals surface area (Å²) in [4.78, 5) is 26.1. The predicted octanol–water partition coefficient (Wildman–Crippen LogP) is 5.72. The number of nitro benzene ring substituents is 1. The molecule has 1 saturated carbocycles. The van der Waals surface area contributed by atoms with E-state index in [0.717, 1.165) is 24.3 Å². The van der Waals surface area contributed by atoms with Gasteiger partial charge in [0.2, 0.25) is 5.91 Å². The maximum absolute atomic E-state index is 13.2. The van der Waals surface area contributed by atoms with Gasteiger partial charge in [-0.25, -0.2) is 0 Å². The first-order chi connectivity index (χ1) is 18.8. The summed E-state index contributed by atoms with van der Waals surface area (Å²) in [5.74, 6) is -0.183. The average molecular weight is 575 g/mol. The number of piperazine rings is 1. The maximum Gasteiger partial charge on any atom is 0.423 e. The highest BCUT2D eigenvalue weighted by molar-refractivity contribution is 5.77. The highest BCUT2D eigenvalue weighted by atomic mass is 19.4. The van der Waals surface area contributed by atoms with Crippen molar-refractivity contribution in [2.24, 2.45) is 0 Å². The number of nitrogens with zero attached hydrogens (tertiary/aromatic N) is 3. The summed E-state index contributed by atoms with van der Waals surface area (Å²) < 4.78 is 83.8. The Kier molecular flexibility index (Phi) is 8.76. The second-order valence-electron chi connectivity index (χ2n) is 9.83. The molecule has 2 aromatic carbocycles. The first-order valence-corrected chi connectivity index (χ1v) is 12.7. The number of ether oxygens (including phenoxy) is 1. The van der Waals surface area contributed by atoms with E-state index >= 15 is 0 Å². The van der Waals surface area contributed by atoms with Crippen LogP contribution in [0.2, 0.25) is 0 Å². The molecule has 0 aromatic heterocycles. The van der Waals surface area contributed by atoms with Gasteiger partial charge in [-0.05, 0) is 62.1 Å². The number of alkyl halides is 6. The Morgan fingerprint density at radius 1 is 0.925 bits per heavy atom. The van der Waals surface area contributed by atoms with Crippen LogP contribution >= 0.6 is 0 Å². The maximum atomic E-state index is 13.2. The number of halogens is 6. The molecule has 14 heteroatoms. The van der Waals surface area contributed by atoms with Crippen molar-refractivity contribution < 1.29 is 40.8 Å². The third-order valence-electron chi connectivity index (χ3n) is 7.18. The number of amides is 1. The van der Waals surface area contributed by atoms with Crippen LogP contribution in [0, 0.1) is 10.1 Å². The number of hydrogen-bond donors (Lipinski definition) is 1. The van der Waals surface area contributed by atoms with E-state index in [0.29, 0.717) is 57.5 Å². The third kappa shape index (κ3) is 7.34. The molecule has 0 unspecified atom stereocenters. The molecule has 1 aliphatic heterocycles. The largest absolute Gasteiger partial charge is 0.423 e. The van der Waals surface area contributed by atoms with Crippen LogP contribution < -0.4 is 10.2 Å². The van der Waals surface area contributed by atoms with Gasteiger partial charge in [-0.1, -0.05) is 0 Å². The number of carbonyl (C=O) groups is 1. The van der Waals surface area contributed by atoms with Gasteiger partial charge in [0, 0.05) is 49.7 Å². The summed E-state index contributed by atoms with van der Waals surface area (Å²) in [7, 11) is 0. The number of anilines is 2. The highest BCUT2D eigenvalue weighted by Crippen LogP contribution is 2.38. The van der Waals surface area contributed by atoms with E-state index in [2.05, 4.69) is 5.32 Å². The summed E-state index contributed by atoms with van der Waals surface area (Å²) in [5, 5.41) is 13.9. The minimum Gasteiger partial charge on any atom is -0.382 e. The van der Waals surface area contributed by atoms with E-state index in [1.807, 2.05) is 4.90 Å². The van der Waals surface area contributed by atoms with Gasteiger partial charge >= 0.3 is 12.4 Å². The molecule has 2 fully saturated rings. The van der Waals surface area contributed by atoms with Crippen LogP contribution in [-0.2, 0) is 21.9 Å². The zero-order chi connectivity index (χ0) is 29.1. The standard InChI is InChI=1S/C26H28F6N4O4/c27-25(28,29)17-1-6-20(7-2-17)34-11-13-35(14-12-34)24(37)16-40-21-8-3-18(4-9-21)33-19-5-10-23(36(38)39)22(15-19)26(30,31)32/h1-2,5-7,10,15,18,21,33H,3-4,8-9,11-14,16H2. The lowest BCUT2D eigenvalue weighted by molar-refractivity contribution is -0.388. The fourth-order valence-corrected chi connectivity index (χ4v) is 4.98. The molecule has 0 radical (unpaired) electrons. The van der Waals surface area contributed by atoms with Crippen molar-refractivity contribution in [2.45, 2.75) is 50.2 Å². The summed E-state index contributed by atoms with van der Waals surface area (Å²) in [5.41, 5.74) is -2.22. The van der Waals surface area contributed by atoms with Gasteiger partial charge in [0.05, 0.1) is 16.6 Å². The molecule has 8 nitrogen and oxygen atoms in total. The van der Waals surface area contributed by atoms with Gasteiger partial charge in [-0.3, -0.25) is 14.9 Å². The van der Waals surface area contributed by atoms with Crippen molar-refractivity contribution in [3.63, 3.8) is 0 Å². The zero-order valence-electron chi connectivity index (χ0n) is 21.3. The van der Waals surface area contributed by atoms with Crippen molar-refractivity contribution in [1.82, 2.24) is 4.90 Å². The molecule has 2 aromatic rings. The first-order valence-electron chi connectivity index (χ1n) is 12.7. The Morgan fingerprint density at radius 3 is 2.10 bits per heavy atom. The summed E-state index contributed by atoms with van der Waals surface area (Å²) >= 11 is 0. The second-order valence-corrected chi connectivity index (χ2v) is 9.83. The van der Waals surface area contributed by atoms with Gasteiger partial charge in [0.1, 0.15) is 12.2 Å². The lowest BCUT2D eigenvalue weighted by Gasteiger charge is -2.36. The molecule has 218 valence electrons. The highest BCUT2D eigenvalue weighted by Gasteiger charge is 2.38. The van der Waals surface area contributed by atoms with Gasteiger partial charge in [0.15, 0.2) is 0 Å². The number of benzene rings is 2. The van der Waals surface area contributed by atoms with E-state index in [9.17, 15) is 41.3 Å². The van der Waals surface area contributed by atoms with Crippen LogP contribution in [-0.4, -0.2) is 60.7 Å². The Balaban J connectivity index is 1.19. The molecule has 1 saturated heterocycles. The van der Waals surface area contributed by atoms with Crippen LogP contribution in [0.5, 0.6) is 0 Å². The molecule has 40 heavy (non-hydrogen) atoms. The fourth-order valence-electron chi connectivity index (χ4n) is 4.98. The summed E-state index contributed by atoms with van der Waals surface area (Å²) in [6.45, 7) is 1.67. The molecule has 1 heterocycles. The zero-order valence-corrected chi connectivity index (χ0v) is 21.3. The number of nitrogens with one attached hydrogen (secondary N) is 1. The van der Waals surface area contributed by atoms with Gasteiger partial charge < -0.3 is 19.9 Å². The molecule has 1 amide bonds. The molecule has 1 aliphatic carbocycles. The molecule has 1 N–H and O–H groups in total. The lowest BCUT2D eigenvalue weighted by Crippen LogP contribution is -2.50. The van der Waals surface area contributed by atoms with Gasteiger partial charge in [-0.15, -0.1) is 0 Å². The fraction of sp³-hybridized carbons (Fsp3) is 0.500. The molecular formula is C26H28F6N4O4. The number of nitro groups is 1. The monoisotopic (exact) mass is 574 g/mol. The molecular weight excluding hydrogens is 546 g/mol. The number of carbonyl (C=O) groups excluding carboxylic acids is 1. The number of hydrogen-bond acceptors (Lipinski definition) is 6. The smallest absolute Gasteiger partial charge is 0.382 e. The van der Waals surface area contributed by atoms with Crippen molar-refractivity contribution in [1.29, 1.82) is 0 Å². The van der Waals surface area contributed by atoms with Crippen molar-refractivity contribution in [3.8, 4) is 0 Å². The van der Waals surface area contributed by atoms with Crippen molar-refractivity contribution in [3.05, 3.63) is 63.7 Å². The Bertz CT molecular complexity index is 1190. The normalized spacial score (nSPS) is 20.4. The molecule has 2 aliphatic rings. The van der Waals surface area contributed by atoms with Crippen LogP contribution in [0.1, 0.15) is 36.8 Å². The molecule has 0 spiro atoms. The first kappa shape index (κ1) is 29.4.